The summed E-state index contributed by atoms with van der Waals surface area (Å²) in [5.41, 5.74) is 0.585. The van der Waals surface area contributed by atoms with Gasteiger partial charge >= 0.3 is 0 Å². The van der Waals surface area contributed by atoms with Crippen LogP contribution >= 0.6 is 0 Å². The Kier molecular flexibility index (Phi) is 5.08. The quantitative estimate of drug-likeness (QED) is 0.808. The van der Waals surface area contributed by atoms with E-state index in [-0.39, 0.29) is 0 Å². The molecule has 0 spiro atoms. The lowest BCUT2D eigenvalue weighted by Crippen LogP contribution is -2.49. The Balaban J connectivity index is 1.94. The lowest BCUT2D eigenvalue weighted by molar-refractivity contribution is 0.0677. The largest absolute Gasteiger partial charge is 0.316 e. The molecule has 0 amide bonds. The molecule has 1 N–H and O–H groups in total. The summed E-state index contributed by atoms with van der Waals surface area (Å²) in [6, 6.07) is 0.806. The van der Waals surface area contributed by atoms with Crippen molar-refractivity contribution in [2.45, 2.75) is 65.3 Å². The average Bonchev–Trinajstić information content (AvgIpc) is 2.80. The molecule has 106 valence electrons. The summed E-state index contributed by atoms with van der Waals surface area (Å²) in [6.07, 6.45) is 8.61. The van der Waals surface area contributed by atoms with Crippen LogP contribution in [0, 0.1) is 11.3 Å². The van der Waals surface area contributed by atoms with Gasteiger partial charge in [0.25, 0.3) is 0 Å². The van der Waals surface area contributed by atoms with E-state index in [0.717, 1.165) is 18.5 Å². The van der Waals surface area contributed by atoms with Crippen molar-refractivity contribution >= 4 is 0 Å². The van der Waals surface area contributed by atoms with Gasteiger partial charge in [-0.15, -0.1) is 0 Å². The minimum Gasteiger partial charge on any atom is -0.316 e. The Morgan fingerprint density at radius 2 is 1.89 bits per heavy atom. The molecule has 2 rings (SSSR count). The summed E-state index contributed by atoms with van der Waals surface area (Å²) >= 11 is 0. The molecule has 0 radical (unpaired) electrons. The molecule has 1 aliphatic heterocycles. The van der Waals surface area contributed by atoms with Gasteiger partial charge in [-0.2, -0.15) is 0 Å². The zero-order valence-electron chi connectivity index (χ0n) is 12.7. The van der Waals surface area contributed by atoms with Crippen LogP contribution in [0.1, 0.15) is 59.3 Å². The molecule has 1 aliphatic carbocycles. The summed E-state index contributed by atoms with van der Waals surface area (Å²) in [5.74, 6) is 0.902. The molecule has 1 heterocycles. The highest BCUT2D eigenvalue weighted by molar-refractivity contribution is 4.91. The normalized spacial score (nSPS) is 32.8. The highest BCUT2D eigenvalue weighted by Gasteiger charge is 2.37. The first-order valence-corrected chi connectivity index (χ1v) is 8.10. The number of hydrogen-bond donors (Lipinski definition) is 1. The van der Waals surface area contributed by atoms with Crippen molar-refractivity contribution in [3.63, 3.8) is 0 Å². The maximum atomic E-state index is 3.62. The fraction of sp³-hybridized carbons (Fsp3) is 1.00. The Hall–Kier alpha value is -0.0800. The Morgan fingerprint density at radius 1 is 1.17 bits per heavy atom. The fourth-order valence-corrected chi connectivity index (χ4v) is 3.94. The van der Waals surface area contributed by atoms with Crippen molar-refractivity contribution < 1.29 is 0 Å². The van der Waals surface area contributed by atoms with Gasteiger partial charge in [0.15, 0.2) is 0 Å². The van der Waals surface area contributed by atoms with E-state index in [1.165, 1.54) is 58.2 Å². The fourth-order valence-electron chi connectivity index (χ4n) is 3.94. The topological polar surface area (TPSA) is 15.3 Å². The molecule has 2 fully saturated rings. The first-order chi connectivity index (χ1) is 8.65. The lowest BCUT2D eigenvalue weighted by Gasteiger charge is -2.43. The van der Waals surface area contributed by atoms with Gasteiger partial charge in [0.1, 0.15) is 0 Å². The zero-order chi connectivity index (χ0) is 13.0. The van der Waals surface area contributed by atoms with Gasteiger partial charge in [0, 0.05) is 25.7 Å². The molecule has 2 atom stereocenters. The van der Waals surface area contributed by atoms with Crippen LogP contribution in [0.25, 0.3) is 0 Å². The van der Waals surface area contributed by atoms with Crippen molar-refractivity contribution in [1.29, 1.82) is 0 Å². The summed E-state index contributed by atoms with van der Waals surface area (Å²) in [5, 5.41) is 3.62. The number of piperidine rings is 1. The van der Waals surface area contributed by atoms with Crippen LogP contribution in [0.4, 0.5) is 0 Å². The van der Waals surface area contributed by atoms with Crippen molar-refractivity contribution in [3.05, 3.63) is 0 Å². The zero-order valence-corrected chi connectivity index (χ0v) is 12.7. The standard InChI is InChI=1S/C16H32N2/c1-4-17-12-16(9-5-6-10-16)13-18-11-14(2)7-8-15(18)3/h14-15,17H,4-13H2,1-3H3. The molecule has 0 bridgehead atoms. The molecule has 0 aromatic carbocycles. The molecule has 18 heavy (non-hydrogen) atoms. The average molecular weight is 252 g/mol. The predicted molar refractivity (Wildman–Crippen MR) is 78.9 cm³/mol. The Labute approximate surface area is 114 Å². The Morgan fingerprint density at radius 3 is 2.56 bits per heavy atom. The van der Waals surface area contributed by atoms with Gasteiger partial charge in [-0.3, -0.25) is 4.90 Å². The highest BCUT2D eigenvalue weighted by atomic mass is 15.2. The minimum atomic E-state index is 0.585. The van der Waals surface area contributed by atoms with Gasteiger partial charge in [-0.25, -0.2) is 0 Å². The van der Waals surface area contributed by atoms with Crippen LogP contribution in [0.15, 0.2) is 0 Å². The van der Waals surface area contributed by atoms with Crippen molar-refractivity contribution in [2.75, 3.05) is 26.2 Å². The number of hydrogen-bond acceptors (Lipinski definition) is 2. The number of nitrogens with one attached hydrogen (secondary N) is 1. The summed E-state index contributed by atoms with van der Waals surface area (Å²) < 4.78 is 0. The second-order valence-electron chi connectivity index (χ2n) is 6.95. The predicted octanol–water partition coefficient (Wildman–Crippen LogP) is 3.28. The molecular weight excluding hydrogens is 220 g/mol. The number of rotatable bonds is 5. The molecule has 2 aliphatic rings. The van der Waals surface area contributed by atoms with Crippen molar-refractivity contribution in [1.82, 2.24) is 10.2 Å². The highest BCUT2D eigenvalue weighted by Crippen LogP contribution is 2.39. The smallest absolute Gasteiger partial charge is 0.00673 e. The molecular formula is C16H32N2. The van der Waals surface area contributed by atoms with Gasteiger partial charge in [-0.1, -0.05) is 26.7 Å². The van der Waals surface area contributed by atoms with Crippen LogP contribution in [0.3, 0.4) is 0 Å². The van der Waals surface area contributed by atoms with E-state index in [4.69, 9.17) is 0 Å². The SMILES string of the molecule is CCNCC1(CN2CC(C)CCC2C)CCCC1. The van der Waals surface area contributed by atoms with E-state index in [9.17, 15) is 0 Å². The molecule has 1 saturated carbocycles. The molecule has 1 saturated heterocycles. The molecule has 0 aromatic rings. The first-order valence-electron chi connectivity index (χ1n) is 8.10. The van der Waals surface area contributed by atoms with Gasteiger partial charge < -0.3 is 5.32 Å². The maximum absolute atomic E-state index is 3.62. The second-order valence-corrected chi connectivity index (χ2v) is 6.95. The summed E-state index contributed by atoms with van der Waals surface area (Å²) in [6.45, 7) is 12.1. The van der Waals surface area contributed by atoms with Crippen LogP contribution in [0.5, 0.6) is 0 Å². The van der Waals surface area contributed by atoms with Crippen LogP contribution < -0.4 is 5.32 Å². The third kappa shape index (κ3) is 3.48. The summed E-state index contributed by atoms with van der Waals surface area (Å²) in [7, 11) is 0. The first kappa shape index (κ1) is 14.3. The van der Waals surface area contributed by atoms with Gasteiger partial charge in [0.2, 0.25) is 0 Å². The van der Waals surface area contributed by atoms with Crippen LogP contribution in [-0.4, -0.2) is 37.1 Å². The molecule has 2 nitrogen and oxygen atoms in total. The van der Waals surface area contributed by atoms with E-state index in [0.29, 0.717) is 5.41 Å². The van der Waals surface area contributed by atoms with Crippen molar-refractivity contribution in [3.8, 4) is 0 Å². The lowest BCUT2D eigenvalue weighted by atomic mass is 9.83. The van der Waals surface area contributed by atoms with E-state index in [2.05, 4.69) is 31.0 Å². The number of nitrogens with zero attached hydrogens (tertiary/aromatic N) is 1. The monoisotopic (exact) mass is 252 g/mol. The molecule has 2 unspecified atom stereocenters. The van der Waals surface area contributed by atoms with Crippen LogP contribution in [0.2, 0.25) is 0 Å². The Bertz CT molecular complexity index is 245. The van der Waals surface area contributed by atoms with E-state index in [1.54, 1.807) is 0 Å². The third-order valence-electron chi connectivity index (χ3n) is 5.20. The van der Waals surface area contributed by atoms with Crippen LogP contribution in [-0.2, 0) is 0 Å². The molecule has 2 heteroatoms. The summed E-state index contributed by atoms with van der Waals surface area (Å²) in [4.78, 5) is 2.79. The maximum Gasteiger partial charge on any atom is 0.00673 e. The van der Waals surface area contributed by atoms with Gasteiger partial charge in [0.05, 0.1) is 0 Å². The van der Waals surface area contributed by atoms with E-state index in [1.807, 2.05) is 0 Å². The van der Waals surface area contributed by atoms with Gasteiger partial charge in [-0.05, 0) is 50.5 Å². The van der Waals surface area contributed by atoms with Crippen molar-refractivity contribution in [2.24, 2.45) is 11.3 Å². The molecule has 0 aromatic heterocycles. The second kappa shape index (κ2) is 6.38. The minimum absolute atomic E-state index is 0.585. The van der Waals surface area contributed by atoms with E-state index < -0.39 is 0 Å². The number of likely N-dealkylation sites (tertiary alicyclic amines) is 1. The third-order valence-corrected chi connectivity index (χ3v) is 5.20. The van der Waals surface area contributed by atoms with E-state index >= 15 is 0 Å².